The van der Waals surface area contributed by atoms with Gasteiger partial charge in [0.2, 0.25) is 0 Å². The Morgan fingerprint density at radius 2 is 2.06 bits per heavy atom. The summed E-state index contributed by atoms with van der Waals surface area (Å²) < 4.78 is 13.2. The van der Waals surface area contributed by atoms with Gasteiger partial charge >= 0.3 is 0 Å². The van der Waals surface area contributed by atoms with Gasteiger partial charge in [-0.25, -0.2) is 4.39 Å². The second-order valence-electron chi connectivity index (χ2n) is 3.11. The van der Waals surface area contributed by atoms with Gasteiger partial charge in [-0.15, -0.1) is 10.2 Å². The summed E-state index contributed by atoms with van der Waals surface area (Å²) in [5, 5.41) is 7.39. The van der Waals surface area contributed by atoms with Crippen LogP contribution in [0.25, 0.3) is 10.9 Å². The Morgan fingerprint density at radius 3 is 2.69 bits per heavy atom. The van der Waals surface area contributed by atoms with Crippen LogP contribution in [0, 0.1) is 5.82 Å². The summed E-state index contributed by atoms with van der Waals surface area (Å²) in [6.07, 6.45) is 0. The molecule has 0 aliphatic heterocycles. The van der Waals surface area contributed by atoms with E-state index in [-0.39, 0.29) is 21.8 Å². The summed E-state index contributed by atoms with van der Waals surface area (Å²) in [7, 11) is 0. The lowest BCUT2D eigenvalue weighted by Gasteiger charge is -2.04. The van der Waals surface area contributed by atoms with Crippen molar-refractivity contribution in [3.05, 3.63) is 28.7 Å². The van der Waals surface area contributed by atoms with Gasteiger partial charge in [0, 0.05) is 5.39 Å². The van der Waals surface area contributed by atoms with Crippen LogP contribution < -0.4 is 11.5 Å². The molecule has 0 saturated carbocycles. The summed E-state index contributed by atoms with van der Waals surface area (Å²) >= 11 is 5.57. The minimum absolute atomic E-state index is 0.00642. The summed E-state index contributed by atoms with van der Waals surface area (Å²) in [5.41, 5.74) is 10.8. The third-order valence-electron chi connectivity index (χ3n) is 2.08. The van der Waals surface area contributed by atoms with Crippen LogP contribution in [0.3, 0.4) is 0 Å². The monoisotopic (exact) mass is 240 g/mol. The van der Waals surface area contributed by atoms with Gasteiger partial charge in [-0.05, 0) is 12.1 Å². The number of primary amides is 1. The number of carbonyl (C=O) groups excluding carboxylic acids is 1. The van der Waals surface area contributed by atoms with Crippen molar-refractivity contribution in [1.29, 1.82) is 0 Å². The second-order valence-corrected chi connectivity index (χ2v) is 3.52. The lowest BCUT2D eigenvalue weighted by molar-refractivity contribution is 0.0996. The van der Waals surface area contributed by atoms with Gasteiger partial charge in [0.05, 0.1) is 16.2 Å². The van der Waals surface area contributed by atoms with Crippen molar-refractivity contribution < 1.29 is 9.18 Å². The Hall–Kier alpha value is -1.95. The zero-order valence-electron chi connectivity index (χ0n) is 7.87. The Kier molecular flexibility index (Phi) is 2.35. The van der Waals surface area contributed by atoms with Gasteiger partial charge in [0.15, 0.2) is 5.69 Å². The van der Waals surface area contributed by atoms with Crippen molar-refractivity contribution >= 4 is 34.1 Å². The third kappa shape index (κ3) is 1.53. The molecule has 0 radical (unpaired) electrons. The van der Waals surface area contributed by atoms with E-state index < -0.39 is 11.7 Å². The van der Waals surface area contributed by atoms with Crippen molar-refractivity contribution in [2.24, 2.45) is 5.73 Å². The smallest absolute Gasteiger partial charge is 0.271 e. The molecule has 2 aromatic rings. The number of nitrogens with zero attached hydrogens (tertiary/aromatic N) is 2. The molecule has 5 nitrogen and oxygen atoms in total. The van der Waals surface area contributed by atoms with Crippen LogP contribution >= 0.6 is 11.6 Å². The molecule has 0 aliphatic rings. The van der Waals surface area contributed by atoms with Crippen LogP contribution in [0.5, 0.6) is 0 Å². The van der Waals surface area contributed by atoms with Gasteiger partial charge in [-0.2, -0.15) is 0 Å². The number of aromatic nitrogens is 2. The number of nitrogens with two attached hydrogens (primary N) is 2. The Bertz CT molecular complexity index is 602. The van der Waals surface area contributed by atoms with E-state index in [1.165, 1.54) is 6.07 Å². The van der Waals surface area contributed by atoms with E-state index in [9.17, 15) is 9.18 Å². The molecular formula is C9H6ClFN4O. The van der Waals surface area contributed by atoms with Crippen molar-refractivity contribution in [3.63, 3.8) is 0 Å². The SMILES string of the molecule is NC(=O)c1nnc2cc(Cl)c(F)cc2c1N. The number of hydrogen-bond donors (Lipinski definition) is 2. The lowest BCUT2D eigenvalue weighted by Crippen LogP contribution is -2.16. The maximum atomic E-state index is 13.2. The van der Waals surface area contributed by atoms with Crippen molar-refractivity contribution in [2.75, 3.05) is 5.73 Å². The van der Waals surface area contributed by atoms with Crippen LogP contribution in [0.4, 0.5) is 10.1 Å². The number of hydrogen-bond acceptors (Lipinski definition) is 4. The van der Waals surface area contributed by atoms with Crippen LogP contribution in [0.15, 0.2) is 12.1 Å². The molecule has 1 aromatic carbocycles. The van der Waals surface area contributed by atoms with Crippen molar-refractivity contribution in [2.45, 2.75) is 0 Å². The number of carbonyl (C=O) groups is 1. The molecule has 0 fully saturated rings. The summed E-state index contributed by atoms with van der Waals surface area (Å²) in [5.74, 6) is -1.47. The summed E-state index contributed by atoms with van der Waals surface area (Å²) in [6.45, 7) is 0. The predicted molar refractivity (Wildman–Crippen MR) is 57.4 cm³/mol. The molecule has 16 heavy (non-hydrogen) atoms. The molecule has 1 aromatic heterocycles. The van der Waals surface area contributed by atoms with E-state index >= 15 is 0 Å². The average molecular weight is 241 g/mol. The second kappa shape index (κ2) is 3.57. The summed E-state index contributed by atoms with van der Waals surface area (Å²) in [4.78, 5) is 10.9. The van der Waals surface area contributed by atoms with Gasteiger partial charge < -0.3 is 11.5 Å². The molecule has 0 unspecified atom stereocenters. The number of rotatable bonds is 1. The van der Waals surface area contributed by atoms with Crippen LogP contribution in [-0.4, -0.2) is 16.1 Å². The fraction of sp³-hybridized carbons (Fsp3) is 0. The molecule has 0 aliphatic carbocycles. The van der Waals surface area contributed by atoms with Gasteiger partial charge in [-0.3, -0.25) is 4.79 Å². The minimum atomic E-state index is -0.817. The van der Waals surface area contributed by atoms with Gasteiger partial charge in [0.25, 0.3) is 5.91 Å². The van der Waals surface area contributed by atoms with E-state index in [0.29, 0.717) is 5.52 Å². The first-order valence-corrected chi connectivity index (χ1v) is 4.59. The average Bonchev–Trinajstić information content (AvgIpc) is 2.21. The topological polar surface area (TPSA) is 94.9 Å². The molecule has 0 spiro atoms. The first kappa shape index (κ1) is 10.6. The highest BCUT2D eigenvalue weighted by Gasteiger charge is 2.14. The zero-order valence-corrected chi connectivity index (χ0v) is 8.62. The number of fused-ring (bicyclic) bond motifs is 1. The predicted octanol–water partition coefficient (Wildman–Crippen LogP) is 1.10. The maximum Gasteiger partial charge on any atom is 0.271 e. The molecule has 1 heterocycles. The van der Waals surface area contributed by atoms with Gasteiger partial charge in [-0.1, -0.05) is 11.6 Å². The molecular weight excluding hydrogens is 235 g/mol. The summed E-state index contributed by atoms with van der Waals surface area (Å²) in [6, 6.07) is 2.37. The van der Waals surface area contributed by atoms with Crippen LogP contribution in [-0.2, 0) is 0 Å². The highest BCUT2D eigenvalue weighted by atomic mass is 35.5. The molecule has 2 rings (SSSR count). The fourth-order valence-electron chi connectivity index (χ4n) is 1.30. The Labute approximate surface area is 94.2 Å². The number of amides is 1. The number of anilines is 1. The van der Waals surface area contributed by atoms with Crippen LogP contribution in [0.1, 0.15) is 10.5 Å². The highest BCUT2D eigenvalue weighted by molar-refractivity contribution is 6.31. The molecule has 7 heteroatoms. The van der Waals surface area contributed by atoms with E-state index in [4.69, 9.17) is 23.1 Å². The number of nitrogen functional groups attached to an aromatic ring is 1. The third-order valence-corrected chi connectivity index (χ3v) is 2.36. The Balaban J connectivity index is 2.84. The minimum Gasteiger partial charge on any atom is -0.396 e. The van der Waals surface area contributed by atoms with E-state index in [1.807, 2.05) is 0 Å². The molecule has 0 bridgehead atoms. The highest BCUT2D eigenvalue weighted by Crippen LogP contribution is 2.26. The molecule has 0 atom stereocenters. The fourth-order valence-corrected chi connectivity index (χ4v) is 1.46. The van der Waals surface area contributed by atoms with Crippen LogP contribution in [0.2, 0.25) is 5.02 Å². The quantitative estimate of drug-likeness (QED) is 0.780. The lowest BCUT2D eigenvalue weighted by atomic mass is 10.1. The van der Waals surface area contributed by atoms with Crippen molar-refractivity contribution in [1.82, 2.24) is 10.2 Å². The molecule has 82 valence electrons. The van der Waals surface area contributed by atoms with E-state index in [2.05, 4.69) is 10.2 Å². The number of benzene rings is 1. The Morgan fingerprint density at radius 1 is 1.38 bits per heavy atom. The van der Waals surface area contributed by atoms with E-state index in [0.717, 1.165) is 6.07 Å². The molecule has 1 amide bonds. The standard InChI is InChI=1S/C9H6ClFN4O/c10-4-2-6-3(1-5(4)11)7(12)8(9(13)16)15-14-6/h1-2H,(H2,12,14)(H2,13,16). The molecule has 0 saturated heterocycles. The maximum absolute atomic E-state index is 13.2. The van der Waals surface area contributed by atoms with Gasteiger partial charge in [0.1, 0.15) is 5.82 Å². The molecule has 4 N–H and O–H groups in total. The first-order valence-electron chi connectivity index (χ1n) is 4.21. The van der Waals surface area contributed by atoms with E-state index in [1.54, 1.807) is 0 Å². The first-order chi connectivity index (χ1) is 7.50. The van der Waals surface area contributed by atoms with Crippen molar-refractivity contribution in [3.8, 4) is 0 Å². The number of halogens is 2. The largest absolute Gasteiger partial charge is 0.396 e. The normalized spacial score (nSPS) is 10.6. The zero-order chi connectivity index (χ0) is 11.9.